The van der Waals surface area contributed by atoms with Crippen LogP contribution in [0.3, 0.4) is 0 Å². The number of aromatic amines is 1. The maximum Gasteiger partial charge on any atom is 0.353 e. The van der Waals surface area contributed by atoms with Crippen molar-refractivity contribution in [1.29, 1.82) is 0 Å². The van der Waals surface area contributed by atoms with Gasteiger partial charge in [0.05, 0.1) is 11.2 Å². The van der Waals surface area contributed by atoms with Crippen molar-refractivity contribution in [2.24, 2.45) is 0 Å². The maximum absolute atomic E-state index is 14.7. The van der Waals surface area contributed by atoms with Gasteiger partial charge in [-0.1, -0.05) is 26.0 Å². The van der Waals surface area contributed by atoms with Crippen molar-refractivity contribution in [2.45, 2.75) is 26.3 Å². The summed E-state index contributed by atoms with van der Waals surface area (Å²) >= 11 is 0. The summed E-state index contributed by atoms with van der Waals surface area (Å²) in [6, 6.07) is 12.1. The van der Waals surface area contributed by atoms with E-state index in [1.807, 2.05) is 44.3 Å². The Kier molecular flexibility index (Phi) is 3.96. The fourth-order valence-electron chi connectivity index (χ4n) is 5.29. The maximum atomic E-state index is 14.7. The van der Waals surface area contributed by atoms with E-state index >= 15 is 0 Å². The third kappa shape index (κ3) is 2.59. The smallest absolute Gasteiger partial charge is 0.353 e. The van der Waals surface area contributed by atoms with Crippen LogP contribution in [0, 0.1) is 5.82 Å². The van der Waals surface area contributed by atoms with Crippen LogP contribution in [-0.2, 0) is 6.54 Å². The van der Waals surface area contributed by atoms with Gasteiger partial charge in [-0.2, -0.15) is 0 Å². The molecule has 7 heteroatoms. The van der Waals surface area contributed by atoms with E-state index in [4.69, 9.17) is 0 Å². The van der Waals surface area contributed by atoms with Gasteiger partial charge < -0.3 is 14.7 Å². The van der Waals surface area contributed by atoms with Crippen molar-refractivity contribution < 1.29 is 19.1 Å². The van der Waals surface area contributed by atoms with E-state index in [0.29, 0.717) is 27.7 Å². The largest absolute Gasteiger partial charge is 0.477 e. The standard InChI is InChI=1S/C26H20FN3O3/c1-13(2)21-22(17-4-3-5-19-16(17)6-8-28-19)25(26(32)33)30-12-20(31)29-9-7-14-10-15(27)11-18(23(14)29)24(21)30/h3-11,13,28H,12H2,1-2H3,(H,32,33). The number of nitrogens with one attached hydrogen (secondary N) is 1. The zero-order valence-corrected chi connectivity index (χ0v) is 18.0. The lowest BCUT2D eigenvalue weighted by molar-refractivity contribution is 0.0685. The number of carbonyl (C=O) groups excluding carboxylic acids is 1. The monoisotopic (exact) mass is 441 g/mol. The minimum atomic E-state index is -1.13. The van der Waals surface area contributed by atoms with E-state index < -0.39 is 11.8 Å². The molecule has 6 rings (SSSR count). The Labute approximate surface area is 187 Å². The van der Waals surface area contributed by atoms with Gasteiger partial charge in [0.15, 0.2) is 0 Å². The van der Waals surface area contributed by atoms with Crippen LogP contribution in [0.1, 0.15) is 40.6 Å². The molecular formula is C26H20FN3O3. The number of rotatable bonds is 3. The number of aromatic carboxylic acids is 1. The highest BCUT2D eigenvalue weighted by Crippen LogP contribution is 2.47. The second-order valence-corrected chi connectivity index (χ2v) is 8.75. The molecule has 6 nitrogen and oxygen atoms in total. The van der Waals surface area contributed by atoms with Crippen LogP contribution in [0.25, 0.3) is 44.2 Å². The van der Waals surface area contributed by atoms with E-state index in [0.717, 1.165) is 22.0 Å². The summed E-state index contributed by atoms with van der Waals surface area (Å²) in [5.41, 5.74) is 4.77. The van der Waals surface area contributed by atoms with Crippen LogP contribution in [-0.4, -0.2) is 31.1 Å². The predicted molar refractivity (Wildman–Crippen MR) is 124 cm³/mol. The molecular weight excluding hydrogens is 421 g/mol. The molecule has 0 unspecified atom stereocenters. The van der Waals surface area contributed by atoms with Crippen molar-refractivity contribution in [3.8, 4) is 22.4 Å². The molecule has 3 aromatic heterocycles. The topological polar surface area (TPSA) is 80.0 Å². The summed E-state index contributed by atoms with van der Waals surface area (Å²) in [4.78, 5) is 29.1. The van der Waals surface area contributed by atoms with Gasteiger partial charge in [0, 0.05) is 39.8 Å². The molecule has 4 heterocycles. The molecule has 0 spiro atoms. The zero-order valence-electron chi connectivity index (χ0n) is 18.0. The molecule has 0 saturated carbocycles. The first-order valence-electron chi connectivity index (χ1n) is 10.8. The molecule has 33 heavy (non-hydrogen) atoms. The fraction of sp³-hybridized carbons (Fsp3) is 0.154. The number of nitrogens with zero attached hydrogens (tertiary/aromatic N) is 2. The number of hydrogen-bond donors (Lipinski definition) is 2. The molecule has 1 aliphatic heterocycles. The van der Waals surface area contributed by atoms with Crippen LogP contribution in [0.5, 0.6) is 0 Å². The lowest BCUT2D eigenvalue weighted by atomic mass is 9.89. The molecule has 5 aromatic rings. The first-order valence-corrected chi connectivity index (χ1v) is 10.8. The Morgan fingerprint density at radius 3 is 2.73 bits per heavy atom. The van der Waals surface area contributed by atoms with Gasteiger partial charge in [0.1, 0.15) is 18.1 Å². The summed E-state index contributed by atoms with van der Waals surface area (Å²) in [5.74, 6) is -1.91. The highest BCUT2D eigenvalue weighted by Gasteiger charge is 2.34. The van der Waals surface area contributed by atoms with Gasteiger partial charge in [0.2, 0.25) is 0 Å². The molecule has 0 amide bonds. The Hall–Kier alpha value is -4.13. The molecule has 0 bridgehead atoms. The minimum absolute atomic E-state index is 0.0407. The average Bonchev–Trinajstić information content (AvgIpc) is 3.46. The number of benzene rings is 2. The number of carboxylic acids is 1. The Balaban J connectivity index is 1.84. The van der Waals surface area contributed by atoms with Gasteiger partial charge in [-0.3, -0.25) is 9.36 Å². The summed E-state index contributed by atoms with van der Waals surface area (Å²) in [6.45, 7) is 3.83. The van der Waals surface area contributed by atoms with Crippen molar-refractivity contribution in [2.75, 3.05) is 0 Å². The van der Waals surface area contributed by atoms with Gasteiger partial charge in [-0.05, 0) is 47.4 Å². The molecule has 164 valence electrons. The number of carbonyl (C=O) groups is 2. The first-order chi connectivity index (χ1) is 15.9. The highest BCUT2D eigenvalue weighted by molar-refractivity contribution is 6.09. The molecule has 0 fully saturated rings. The number of carboxylic acid groups (broad SMARTS) is 1. The lowest BCUT2D eigenvalue weighted by Crippen LogP contribution is -2.19. The lowest BCUT2D eigenvalue weighted by Gasteiger charge is -2.14. The van der Waals surface area contributed by atoms with Crippen molar-refractivity contribution in [1.82, 2.24) is 14.1 Å². The predicted octanol–water partition coefficient (Wildman–Crippen LogP) is 5.87. The zero-order chi connectivity index (χ0) is 23.0. The summed E-state index contributed by atoms with van der Waals surface area (Å²) in [7, 11) is 0. The van der Waals surface area contributed by atoms with E-state index in [-0.39, 0.29) is 24.1 Å². The SMILES string of the molecule is CC(C)c1c(-c2cccc3[nH]ccc23)c(C(=O)O)n2c1-c1cc(F)cc3ccn(c13)C(=O)C2. The second-order valence-electron chi connectivity index (χ2n) is 8.75. The summed E-state index contributed by atoms with van der Waals surface area (Å²) < 4.78 is 17.8. The van der Waals surface area contributed by atoms with Gasteiger partial charge in [-0.15, -0.1) is 0 Å². The third-order valence-electron chi connectivity index (χ3n) is 6.51. The average molecular weight is 441 g/mol. The fourth-order valence-corrected chi connectivity index (χ4v) is 5.29. The summed E-state index contributed by atoms with van der Waals surface area (Å²) in [5, 5.41) is 11.9. The number of fused-ring (bicyclic) bond motifs is 3. The molecule has 0 saturated heterocycles. The first kappa shape index (κ1) is 19.5. The van der Waals surface area contributed by atoms with Crippen molar-refractivity contribution in [3.05, 3.63) is 71.9 Å². The van der Waals surface area contributed by atoms with Crippen LogP contribution < -0.4 is 0 Å². The highest BCUT2D eigenvalue weighted by atomic mass is 19.1. The van der Waals surface area contributed by atoms with Crippen LogP contribution in [0.4, 0.5) is 4.39 Å². The number of aromatic nitrogens is 3. The van der Waals surface area contributed by atoms with Crippen LogP contribution >= 0.6 is 0 Å². The van der Waals surface area contributed by atoms with Crippen LogP contribution in [0.2, 0.25) is 0 Å². The molecule has 0 atom stereocenters. The quantitative estimate of drug-likeness (QED) is 0.367. The number of hydrogen-bond acceptors (Lipinski definition) is 2. The number of H-pyrrole nitrogens is 1. The molecule has 2 N–H and O–H groups in total. The van der Waals surface area contributed by atoms with Gasteiger partial charge in [-0.25, -0.2) is 9.18 Å². The Morgan fingerprint density at radius 1 is 1.15 bits per heavy atom. The minimum Gasteiger partial charge on any atom is -0.477 e. The van der Waals surface area contributed by atoms with E-state index in [2.05, 4.69) is 4.98 Å². The van der Waals surface area contributed by atoms with Crippen LogP contribution in [0.15, 0.2) is 54.9 Å². The van der Waals surface area contributed by atoms with E-state index in [1.165, 1.54) is 16.7 Å². The molecule has 2 aromatic carbocycles. The van der Waals surface area contributed by atoms with Gasteiger partial charge in [0.25, 0.3) is 5.91 Å². The molecule has 0 radical (unpaired) electrons. The molecule has 1 aliphatic rings. The van der Waals surface area contributed by atoms with Gasteiger partial charge >= 0.3 is 5.97 Å². The normalized spacial score (nSPS) is 13.2. The van der Waals surface area contributed by atoms with E-state index in [1.54, 1.807) is 16.8 Å². The Morgan fingerprint density at radius 2 is 1.97 bits per heavy atom. The van der Waals surface area contributed by atoms with E-state index in [9.17, 15) is 19.1 Å². The third-order valence-corrected chi connectivity index (χ3v) is 6.51. The second kappa shape index (κ2) is 6.68. The molecule has 0 aliphatic carbocycles. The van der Waals surface area contributed by atoms with Crippen molar-refractivity contribution >= 4 is 33.7 Å². The Bertz CT molecular complexity index is 1630. The van der Waals surface area contributed by atoms with Crippen molar-refractivity contribution in [3.63, 3.8) is 0 Å². The summed E-state index contributed by atoms with van der Waals surface area (Å²) in [6.07, 6.45) is 3.44. The number of halogens is 1.